The third-order valence-corrected chi connectivity index (χ3v) is 7.77. The lowest BCUT2D eigenvalue weighted by molar-refractivity contribution is -0.256. The molecule has 14 nitrogen and oxygen atoms in total. The van der Waals surface area contributed by atoms with Crippen LogP contribution in [0.2, 0.25) is 0 Å². The van der Waals surface area contributed by atoms with Crippen molar-refractivity contribution in [1.29, 1.82) is 0 Å². The second-order valence-corrected chi connectivity index (χ2v) is 10.9. The van der Waals surface area contributed by atoms with E-state index in [4.69, 9.17) is 19.4 Å². The van der Waals surface area contributed by atoms with Crippen LogP contribution in [0, 0.1) is 4.77 Å². The SMILES string of the molecule is O=c1ccn([C@@H]2O[C@H](COP(=O)(O)OP(=O)(O)OP(=O)(O)O)C[C@]2(F)C(F)(F)F)c(=S)[nH]1. The highest BCUT2D eigenvalue weighted by Gasteiger charge is 2.67. The first kappa shape index (κ1) is 27.4. The molecule has 1 aliphatic heterocycles. The van der Waals surface area contributed by atoms with Crippen molar-refractivity contribution in [2.24, 2.45) is 0 Å². The Bertz CT molecular complexity index is 1120. The van der Waals surface area contributed by atoms with E-state index in [1.54, 1.807) is 0 Å². The van der Waals surface area contributed by atoms with E-state index < -0.39 is 71.0 Å². The van der Waals surface area contributed by atoms with Crippen molar-refractivity contribution < 1.29 is 68.7 Å². The number of alkyl halides is 4. The topological polar surface area (TPSA) is 207 Å². The van der Waals surface area contributed by atoms with E-state index in [9.17, 15) is 40.9 Å². The van der Waals surface area contributed by atoms with Crippen LogP contribution in [-0.2, 0) is 31.6 Å². The van der Waals surface area contributed by atoms with Crippen molar-refractivity contribution in [3.05, 3.63) is 27.4 Å². The summed E-state index contributed by atoms with van der Waals surface area (Å²) in [7, 11) is -17.2. The maximum absolute atomic E-state index is 15.0. The molecule has 5 N–H and O–H groups in total. The molecule has 22 heteroatoms. The normalized spacial score (nSPS) is 28.2. The third-order valence-electron chi connectivity index (χ3n) is 3.65. The Labute approximate surface area is 179 Å². The summed E-state index contributed by atoms with van der Waals surface area (Å²) in [6.07, 6.45) is -10.7. The first-order chi connectivity index (χ1) is 14.2. The summed E-state index contributed by atoms with van der Waals surface area (Å²) in [4.78, 5) is 48.4. The van der Waals surface area contributed by atoms with Gasteiger partial charge >= 0.3 is 29.6 Å². The highest BCUT2D eigenvalue weighted by atomic mass is 32.1. The number of H-pyrrole nitrogens is 1. The molecule has 2 rings (SSSR count). The van der Waals surface area contributed by atoms with Crippen molar-refractivity contribution in [2.45, 2.75) is 30.6 Å². The van der Waals surface area contributed by atoms with Crippen molar-refractivity contribution in [2.75, 3.05) is 6.61 Å². The summed E-state index contributed by atoms with van der Waals surface area (Å²) in [6.45, 7) is -1.32. The van der Waals surface area contributed by atoms with Crippen LogP contribution in [0.15, 0.2) is 17.1 Å². The highest BCUT2D eigenvalue weighted by Crippen LogP contribution is 2.66. The Morgan fingerprint density at radius 1 is 1.22 bits per heavy atom. The predicted molar refractivity (Wildman–Crippen MR) is 94.1 cm³/mol. The van der Waals surface area contributed by atoms with Gasteiger partial charge in [0.25, 0.3) is 11.2 Å². The number of hydrogen-bond acceptors (Lipinski definition) is 9. The Hall–Kier alpha value is -0.810. The first-order valence-electron chi connectivity index (χ1n) is 7.76. The Kier molecular flexibility index (Phi) is 7.80. The van der Waals surface area contributed by atoms with Crippen molar-refractivity contribution in [3.63, 3.8) is 0 Å². The van der Waals surface area contributed by atoms with Gasteiger partial charge < -0.3 is 24.3 Å². The average Bonchev–Trinajstić information content (AvgIpc) is 2.87. The fraction of sp³-hybridized carbons (Fsp3) is 0.600. The lowest BCUT2D eigenvalue weighted by Crippen LogP contribution is -2.45. The number of rotatable bonds is 8. The van der Waals surface area contributed by atoms with Gasteiger partial charge in [-0.25, -0.2) is 18.1 Å². The molecule has 1 aromatic heterocycles. The third kappa shape index (κ3) is 6.85. The Morgan fingerprint density at radius 2 is 1.81 bits per heavy atom. The van der Waals surface area contributed by atoms with Gasteiger partial charge in [0.15, 0.2) is 11.0 Å². The quantitative estimate of drug-likeness (QED) is 0.177. The van der Waals surface area contributed by atoms with Crippen LogP contribution in [0.4, 0.5) is 17.6 Å². The van der Waals surface area contributed by atoms with Crippen molar-refractivity contribution in [1.82, 2.24) is 9.55 Å². The predicted octanol–water partition coefficient (Wildman–Crippen LogP) is 1.81. The summed E-state index contributed by atoms with van der Waals surface area (Å²) in [5.41, 5.74) is -4.92. The van der Waals surface area contributed by atoms with Crippen LogP contribution < -0.4 is 5.56 Å². The second-order valence-electron chi connectivity index (χ2n) is 6.08. The molecule has 0 radical (unpaired) electrons. The molecular formula is C10H13F4N2O12P3S. The number of nitrogens with one attached hydrogen (secondary N) is 1. The standard InChI is InChI=1S/C10H13F4N2O12P3S/c11-9(10(12,13)14)3-5(26-7(9)16-2-1-6(17)15-8(16)32)4-25-30(21,22)28-31(23,24)27-29(18,19)20/h1-2,5,7H,3-4H2,(H,21,22)(H,23,24)(H,15,17,32)(H2,18,19,20)/t5-,7+,9+/m0/s1. The molecule has 0 bridgehead atoms. The summed E-state index contributed by atoms with van der Waals surface area (Å²) < 4.78 is 104. The first-order valence-corrected chi connectivity index (χ1v) is 12.7. The average molecular weight is 554 g/mol. The molecule has 0 aromatic carbocycles. The maximum atomic E-state index is 15.0. The minimum atomic E-state index is -5.87. The van der Waals surface area contributed by atoms with Crippen molar-refractivity contribution >= 4 is 35.7 Å². The Balaban J connectivity index is 2.21. The molecule has 2 heterocycles. The molecule has 1 saturated heterocycles. The molecule has 0 saturated carbocycles. The van der Waals surface area contributed by atoms with Gasteiger partial charge in [-0.15, -0.1) is 0 Å². The van der Waals surface area contributed by atoms with E-state index in [0.717, 1.165) is 12.3 Å². The van der Waals surface area contributed by atoms with Gasteiger partial charge in [-0.2, -0.15) is 21.8 Å². The summed E-state index contributed by atoms with van der Waals surface area (Å²) in [6, 6.07) is 0.731. The second kappa shape index (κ2) is 9.09. The maximum Gasteiger partial charge on any atom is 0.490 e. The number of phosphoric acid groups is 3. The Morgan fingerprint density at radius 3 is 2.31 bits per heavy atom. The molecule has 0 aliphatic carbocycles. The largest absolute Gasteiger partial charge is 0.490 e. The zero-order valence-corrected chi connectivity index (χ0v) is 18.5. The van der Waals surface area contributed by atoms with E-state index in [1.165, 1.54) is 0 Å². The van der Waals surface area contributed by atoms with E-state index in [-0.39, 0.29) is 0 Å². The highest BCUT2D eigenvalue weighted by molar-refractivity contribution is 7.71. The fourth-order valence-corrected chi connectivity index (χ4v) is 5.81. The molecule has 32 heavy (non-hydrogen) atoms. The van der Waals surface area contributed by atoms with Crippen LogP contribution in [0.3, 0.4) is 0 Å². The van der Waals surface area contributed by atoms with Crippen molar-refractivity contribution in [3.8, 4) is 0 Å². The molecule has 184 valence electrons. The van der Waals surface area contributed by atoms with Crippen LogP contribution >= 0.6 is 35.7 Å². The van der Waals surface area contributed by atoms with Gasteiger partial charge in [-0.1, -0.05) is 0 Å². The molecule has 0 amide bonds. The van der Waals surface area contributed by atoms with Crippen LogP contribution in [-0.4, -0.2) is 53.7 Å². The van der Waals surface area contributed by atoms with Gasteiger partial charge in [0.1, 0.15) is 0 Å². The summed E-state index contributed by atoms with van der Waals surface area (Å²) in [5.74, 6) is 0. The van der Waals surface area contributed by atoms with E-state index in [2.05, 4.69) is 25.4 Å². The van der Waals surface area contributed by atoms with Gasteiger partial charge in [0.2, 0.25) is 0 Å². The summed E-state index contributed by atoms with van der Waals surface area (Å²) in [5, 5.41) is 0. The van der Waals surface area contributed by atoms with Crippen LogP contribution in [0.5, 0.6) is 0 Å². The van der Waals surface area contributed by atoms with Gasteiger partial charge in [-0.3, -0.25) is 18.9 Å². The van der Waals surface area contributed by atoms with Crippen LogP contribution in [0.25, 0.3) is 0 Å². The van der Waals surface area contributed by atoms with E-state index >= 15 is 0 Å². The lowest BCUT2D eigenvalue weighted by Gasteiger charge is -2.29. The van der Waals surface area contributed by atoms with Gasteiger partial charge in [0.05, 0.1) is 12.7 Å². The lowest BCUT2D eigenvalue weighted by atomic mass is 9.99. The fourth-order valence-electron chi connectivity index (χ4n) is 2.50. The molecule has 2 unspecified atom stereocenters. The minimum Gasteiger partial charge on any atom is -0.348 e. The number of nitrogens with zero attached hydrogens (tertiary/aromatic N) is 1. The van der Waals surface area contributed by atoms with E-state index in [1.807, 2.05) is 4.98 Å². The smallest absolute Gasteiger partial charge is 0.348 e. The molecular weight excluding hydrogens is 541 g/mol. The van der Waals surface area contributed by atoms with E-state index in [0.29, 0.717) is 4.57 Å². The zero-order chi connectivity index (χ0) is 24.8. The van der Waals surface area contributed by atoms with Gasteiger partial charge in [0, 0.05) is 18.7 Å². The number of ether oxygens (including phenoxy) is 1. The minimum absolute atomic E-state index is 0.440. The number of halogens is 4. The van der Waals surface area contributed by atoms with Gasteiger partial charge in [-0.05, 0) is 12.2 Å². The number of hydrogen-bond donors (Lipinski definition) is 5. The molecule has 1 aliphatic rings. The molecule has 0 spiro atoms. The van der Waals surface area contributed by atoms with Crippen LogP contribution in [0.1, 0.15) is 12.6 Å². The summed E-state index contributed by atoms with van der Waals surface area (Å²) >= 11 is 4.69. The zero-order valence-electron chi connectivity index (χ0n) is 15.0. The molecule has 5 atom stereocenters. The monoisotopic (exact) mass is 554 g/mol. The number of phosphoric ester groups is 1. The molecule has 1 aromatic rings. The number of aromatic amines is 1. The number of aromatic nitrogens is 2. The molecule has 1 fully saturated rings.